The van der Waals surface area contributed by atoms with Crippen molar-refractivity contribution in [2.45, 2.75) is 38.4 Å². The molecule has 2 aliphatic rings. The van der Waals surface area contributed by atoms with Gasteiger partial charge in [0.25, 0.3) is 10.2 Å². The molecule has 0 aliphatic carbocycles. The van der Waals surface area contributed by atoms with Crippen LogP contribution in [0.25, 0.3) is 0 Å². The summed E-state index contributed by atoms with van der Waals surface area (Å²) in [5.74, 6) is 2.06. The highest BCUT2D eigenvalue weighted by atomic mass is 32.2. The molecule has 28 heavy (non-hydrogen) atoms. The first-order valence-electron chi connectivity index (χ1n) is 9.66. The first-order chi connectivity index (χ1) is 13.4. The Bertz CT molecular complexity index is 913. The lowest BCUT2D eigenvalue weighted by Gasteiger charge is -2.34. The van der Waals surface area contributed by atoms with Gasteiger partial charge in [-0.2, -0.15) is 17.0 Å². The van der Waals surface area contributed by atoms with Gasteiger partial charge in [0.15, 0.2) is 0 Å². The molecule has 2 aromatic rings. The fraction of sp³-hybridized carbons (Fsp3) is 0.611. The number of rotatable bonds is 5. The highest BCUT2D eigenvalue weighted by Crippen LogP contribution is 2.29. The minimum Gasteiger partial charge on any atom is -0.312 e. The normalized spacial score (nSPS) is 21.8. The Labute approximate surface area is 166 Å². The largest absolute Gasteiger partial charge is 0.312 e. The summed E-state index contributed by atoms with van der Waals surface area (Å²) in [6, 6.07) is 4.12. The number of nitrogens with zero attached hydrogens (tertiary/aromatic N) is 7. The van der Waals surface area contributed by atoms with Crippen molar-refractivity contribution in [1.82, 2.24) is 33.3 Å². The summed E-state index contributed by atoms with van der Waals surface area (Å²) < 4.78 is 29.7. The van der Waals surface area contributed by atoms with Crippen LogP contribution in [-0.4, -0.2) is 75.4 Å². The molecule has 0 bridgehead atoms. The number of pyridine rings is 1. The van der Waals surface area contributed by atoms with Crippen molar-refractivity contribution in [2.24, 2.45) is 0 Å². The van der Waals surface area contributed by atoms with Crippen LogP contribution in [-0.2, 0) is 29.8 Å². The second-order valence-corrected chi connectivity index (χ2v) is 9.82. The minimum atomic E-state index is -3.43. The number of fused-ring (bicyclic) bond motifs is 1. The topological polar surface area (TPSA) is 87.5 Å². The Hall–Kier alpha value is -1.88. The molecule has 2 aromatic heterocycles. The van der Waals surface area contributed by atoms with E-state index >= 15 is 0 Å². The molecule has 1 atom stereocenters. The molecule has 0 spiro atoms. The summed E-state index contributed by atoms with van der Waals surface area (Å²) in [5.41, 5.74) is 1.27. The van der Waals surface area contributed by atoms with Gasteiger partial charge in [-0.1, -0.05) is 0 Å². The Morgan fingerprint density at radius 1 is 1.14 bits per heavy atom. The summed E-state index contributed by atoms with van der Waals surface area (Å²) in [6.45, 7) is 4.27. The molecule has 2 aliphatic heterocycles. The molecule has 0 saturated carbocycles. The number of aromatic nitrogens is 4. The zero-order valence-electron chi connectivity index (χ0n) is 16.4. The highest BCUT2D eigenvalue weighted by Gasteiger charge is 2.33. The van der Waals surface area contributed by atoms with Gasteiger partial charge in [-0.25, -0.2) is 0 Å². The van der Waals surface area contributed by atoms with Crippen molar-refractivity contribution in [1.29, 1.82) is 0 Å². The average Bonchev–Trinajstić information content (AvgIpc) is 3.12. The molecular formula is C18H27N7O2S. The molecule has 152 valence electrons. The third kappa shape index (κ3) is 3.82. The van der Waals surface area contributed by atoms with Crippen molar-refractivity contribution >= 4 is 10.2 Å². The summed E-state index contributed by atoms with van der Waals surface area (Å²) in [7, 11) is -0.319. The van der Waals surface area contributed by atoms with E-state index in [0.717, 1.165) is 44.1 Å². The van der Waals surface area contributed by atoms with Gasteiger partial charge in [-0.15, -0.1) is 10.2 Å². The van der Waals surface area contributed by atoms with Crippen LogP contribution < -0.4 is 0 Å². The van der Waals surface area contributed by atoms with E-state index in [1.165, 1.54) is 14.2 Å². The predicted octanol–water partition coefficient (Wildman–Crippen LogP) is 0.675. The fourth-order valence-electron chi connectivity index (χ4n) is 4.04. The lowest BCUT2D eigenvalue weighted by molar-refractivity contribution is 0.192. The maximum atomic E-state index is 12.4. The van der Waals surface area contributed by atoms with E-state index in [-0.39, 0.29) is 6.54 Å². The number of likely N-dealkylation sites (tertiary alicyclic amines) is 1. The van der Waals surface area contributed by atoms with Crippen LogP contribution in [0.4, 0.5) is 0 Å². The average molecular weight is 406 g/mol. The Morgan fingerprint density at radius 3 is 2.68 bits per heavy atom. The van der Waals surface area contributed by atoms with Crippen molar-refractivity contribution < 1.29 is 8.42 Å². The van der Waals surface area contributed by atoms with Crippen LogP contribution in [0.3, 0.4) is 0 Å². The van der Waals surface area contributed by atoms with Gasteiger partial charge < -0.3 is 4.57 Å². The Balaban J connectivity index is 1.47. The maximum absolute atomic E-state index is 12.4. The number of hydrogen-bond donors (Lipinski definition) is 0. The monoisotopic (exact) mass is 405 g/mol. The van der Waals surface area contributed by atoms with Crippen LogP contribution in [0.1, 0.15) is 36.0 Å². The third-order valence-corrected chi connectivity index (χ3v) is 7.45. The maximum Gasteiger partial charge on any atom is 0.281 e. The van der Waals surface area contributed by atoms with Crippen molar-refractivity contribution in [3.8, 4) is 0 Å². The second kappa shape index (κ2) is 7.86. The van der Waals surface area contributed by atoms with Crippen molar-refractivity contribution in [3.05, 3.63) is 41.7 Å². The number of piperidine rings is 1. The SMILES string of the molecule is CN(C)S(=O)(=O)N1CCn2c(nnc2C2CCCN(Cc3ccncc3)C2)C1. The standard InChI is InChI=1S/C18H27N7O2S/c1-22(2)28(26,27)24-10-11-25-17(14-24)20-21-18(25)16-4-3-9-23(13-16)12-15-5-7-19-8-6-15/h5-8,16H,3-4,9-14H2,1-2H3. The van der Waals surface area contributed by atoms with Crippen LogP contribution in [0.15, 0.2) is 24.5 Å². The third-order valence-electron chi connectivity index (χ3n) is 5.56. The van der Waals surface area contributed by atoms with Gasteiger partial charge in [-0.3, -0.25) is 9.88 Å². The molecule has 1 saturated heterocycles. The van der Waals surface area contributed by atoms with E-state index in [0.29, 0.717) is 19.0 Å². The lowest BCUT2D eigenvalue weighted by atomic mass is 9.96. The van der Waals surface area contributed by atoms with E-state index in [1.54, 1.807) is 14.1 Å². The van der Waals surface area contributed by atoms with E-state index < -0.39 is 10.2 Å². The predicted molar refractivity (Wildman–Crippen MR) is 105 cm³/mol. The lowest BCUT2D eigenvalue weighted by Crippen LogP contribution is -2.44. The van der Waals surface area contributed by atoms with E-state index in [2.05, 4.69) is 36.8 Å². The quantitative estimate of drug-likeness (QED) is 0.727. The van der Waals surface area contributed by atoms with Gasteiger partial charge in [-0.05, 0) is 37.1 Å². The molecule has 9 nitrogen and oxygen atoms in total. The zero-order valence-corrected chi connectivity index (χ0v) is 17.2. The first kappa shape index (κ1) is 19.4. The highest BCUT2D eigenvalue weighted by molar-refractivity contribution is 7.86. The van der Waals surface area contributed by atoms with Crippen LogP contribution in [0.5, 0.6) is 0 Å². The molecule has 4 heterocycles. The second-order valence-electron chi connectivity index (χ2n) is 7.68. The molecule has 0 amide bonds. The summed E-state index contributed by atoms with van der Waals surface area (Å²) in [4.78, 5) is 6.54. The number of hydrogen-bond acceptors (Lipinski definition) is 6. The van der Waals surface area contributed by atoms with Gasteiger partial charge in [0.05, 0.1) is 6.54 Å². The Kier molecular flexibility index (Phi) is 5.46. The van der Waals surface area contributed by atoms with E-state index in [1.807, 2.05) is 12.4 Å². The van der Waals surface area contributed by atoms with Gasteiger partial charge in [0.2, 0.25) is 0 Å². The van der Waals surface area contributed by atoms with E-state index in [4.69, 9.17) is 0 Å². The summed E-state index contributed by atoms with van der Waals surface area (Å²) >= 11 is 0. The molecule has 10 heteroatoms. The van der Waals surface area contributed by atoms with Crippen LogP contribution in [0, 0.1) is 0 Å². The van der Waals surface area contributed by atoms with Gasteiger partial charge >= 0.3 is 0 Å². The molecule has 0 radical (unpaired) electrons. The minimum absolute atomic E-state index is 0.279. The molecular weight excluding hydrogens is 378 g/mol. The van der Waals surface area contributed by atoms with Crippen LogP contribution >= 0.6 is 0 Å². The van der Waals surface area contributed by atoms with Crippen molar-refractivity contribution in [2.75, 3.05) is 33.7 Å². The molecule has 4 rings (SSSR count). The van der Waals surface area contributed by atoms with Crippen molar-refractivity contribution in [3.63, 3.8) is 0 Å². The van der Waals surface area contributed by atoms with Gasteiger partial charge in [0.1, 0.15) is 11.6 Å². The smallest absolute Gasteiger partial charge is 0.281 e. The molecule has 0 aromatic carbocycles. The molecule has 1 unspecified atom stereocenters. The van der Waals surface area contributed by atoms with Gasteiger partial charge in [0, 0.05) is 58.6 Å². The molecule has 1 fully saturated rings. The summed E-state index contributed by atoms with van der Waals surface area (Å²) in [5, 5.41) is 8.79. The first-order valence-corrected chi connectivity index (χ1v) is 11.1. The molecule has 0 N–H and O–H groups in total. The zero-order chi connectivity index (χ0) is 19.7. The van der Waals surface area contributed by atoms with E-state index in [9.17, 15) is 8.42 Å². The summed E-state index contributed by atoms with van der Waals surface area (Å²) in [6.07, 6.45) is 5.88. The fourth-order valence-corrected chi connectivity index (χ4v) is 5.10. The Morgan fingerprint density at radius 2 is 1.93 bits per heavy atom. The van der Waals surface area contributed by atoms with Crippen LogP contribution in [0.2, 0.25) is 0 Å².